The highest BCUT2D eigenvalue weighted by molar-refractivity contribution is 5.17. The standard InChI is InChI=1S/C17H28N2/c1-4-6-14-8-10-15(11-9-14)17-18-12-16(7-5-2)13(3)19-17/h12,14-15H,4-11H2,1-3H3/t14-,15-. The first-order valence-electron chi connectivity index (χ1n) is 8.07. The van der Waals surface area contributed by atoms with Crippen LogP contribution in [-0.4, -0.2) is 9.97 Å². The van der Waals surface area contributed by atoms with E-state index in [9.17, 15) is 0 Å². The Balaban J connectivity index is 1.97. The molecule has 0 radical (unpaired) electrons. The molecule has 2 rings (SSSR count). The van der Waals surface area contributed by atoms with Gasteiger partial charge in [-0.25, -0.2) is 9.97 Å². The average molecular weight is 260 g/mol. The molecule has 1 saturated carbocycles. The molecule has 0 bridgehead atoms. The van der Waals surface area contributed by atoms with Gasteiger partial charge in [0.2, 0.25) is 0 Å². The molecule has 0 aliphatic heterocycles. The summed E-state index contributed by atoms with van der Waals surface area (Å²) < 4.78 is 0. The number of hydrogen-bond acceptors (Lipinski definition) is 2. The molecule has 1 heterocycles. The molecule has 0 aromatic carbocycles. The van der Waals surface area contributed by atoms with Crippen molar-refractivity contribution in [3.8, 4) is 0 Å². The van der Waals surface area contributed by atoms with E-state index in [-0.39, 0.29) is 0 Å². The summed E-state index contributed by atoms with van der Waals surface area (Å²) in [5.41, 5.74) is 2.52. The largest absolute Gasteiger partial charge is 0.241 e. The Bertz CT molecular complexity index is 392. The predicted octanol–water partition coefficient (Wildman–Crippen LogP) is 4.81. The molecule has 1 aliphatic carbocycles. The van der Waals surface area contributed by atoms with Crippen LogP contribution in [0.5, 0.6) is 0 Å². The molecule has 0 amide bonds. The third-order valence-electron chi connectivity index (χ3n) is 4.53. The second-order valence-electron chi connectivity index (χ2n) is 6.10. The lowest BCUT2D eigenvalue weighted by atomic mass is 9.79. The molecule has 1 aliphatic rings. The molecule has 0 atom stereocenters. The van der Waals surface area contributed by atoms with E-state index in [0.717, 1.165) is 18.2 Å². The maximum Gasteiger partial charge on any atom is 0.131 e. The Morgan fingerprint density at radius 1 is 1.11 bits per heavy atom. The van der Waals surface area contributed by atoms with Gasteiger partial charge in [-0.3, -0.25) is 0 Å². The molecule has 0 spiro atoms. The van der Waals surface area contributed by atoms with Crippen molar-refractivity contribution < 1.29 is 0 Å². The van der Waals surface area contributed by atoms with Crippen molar-refractivity contribution in [3.63, 3.8) is 0 Å². The van der Waals surface area contributed by atoms with Gasteiger partial charge in [-0.15, -0.1) is 0 Å². The summed E-state index contributed by atoms with van der Waals surface area (Å²) in [7, 11) is 0. The monoisotopic (exact) mass is 260 g/mol. The Hall–Kier alpha value is -0.920. The summed E-state index contributed by atoms with van der Waals surface area (Å²) in [6, 6.07) is 0. The van der Waals surface area contributed by atoms with Gasteiger partial charge in [0, 0.05) is 17.8 Å². The summed E-state index contributed by atoms with van der Waals surface area (Å²) in [5, 5.41) is 0. The summed E-state index contributed by atoms with van der Waals surface area (Å²) in [4.78, 5) is 9.42. The predicted molar refractivity (Wildman–Crippen MR) is 80.4 cm³/mol. The van der Waals surface area contributed by atoms with E-state index in [1.807, 2.05) is 0 Å². The number of aryl methyl sites for hydroxylation is 2. The van der Waals surface area contributed by atoms with Gasteiger partial charge in [0.05, 0.1) is 0 Å². The van der Waals surface area contributed by atoms with Gasteiger partial charge in [-0.1, -0.05) is 33.1 Å². The zero-order chi connectivity index (χ0) is 13.7. The maximum absolute atomic E-state index is 4.78. The van der Waals surface area contributed by atoms with E-state index in [0.29, 0.717) is 5.92 Å². The van der Waals surface area contributed by atoms with Crippen LogP contribution < -0.4 is 0 Å². The Morgan fingerprint density at radius 2 is 1.84 bits per heavy atom. The Kier molecular flexibility index (Phi) is 5.35. The summed E-state index contributed by atoms with van der Waals surface area (Å²) in [5.74, 6) is 2.68. The van der Waals surface area contributed by atoms with E-state index < -0.39 is 0 Å². The van der Waals surface area contributed by atoms with Crippen LogP contribution in [0.1, 0.15) is 81.8 Å². The first kappa shape index (κ1) is 14.5. The third-order valence-corrected chi connectivity index (χ3v) is 4.53. The first-order valence-corrected chi connectivity index (χ1v) is 8.07. The lowest BCUT2D eigenvalue weighted by Gasteiger charge is -2.27. The summed E-state index contributed by atoms with van der Waals surface area (Å²) in [6.07, 6.45) is 12.4. The number of nitrogens with zero attached hydrogens (tertiary/aromatic N) is 2. The minimum absolute atomic E-state index is 0.613. The number of rotatable bonds is 5. The van der Waals surface area contributed by atoms with Gasteiger partial charge >= 0.3 is 0 Å². The maximum atomic E-state index is 4.78. The minimum atomic E-state index is 0.613. The lowest BCUT2D eigenvalue weighted by molar-refractivity contribution is 0.302. The van der Waals surface area contributed by atoms with Gasteiger partial charge in [-0.2, -0.15) is 0 Å². The average Bonchev–Trinajstić information content (AvgIpc) is 2.43. The molecule has 1 fully saturated rings. The van der Waals surface area contributed by atoms with Gasteiger partial charge in [0.25, 0.3) is 0 Å². The molecule has 1 aromatic heterocycles. The van der Waals surface area contributed by atoms with Crippen molar-refractivity contribution in [2.75, 3.05) is 0 Å². The van der Waals surface area contributed by atoms with Crippen LogP contribution in [0, 0.1) is 12.8 Å². The Morgan fingerprint density at radius 3 is 2.42 bits per heavy atom. The SMILES string of the molecule is CCCc1cnc([C@H]2CC[C@H](CCC)CC2)nc1C. The van der Waals surface area contributed by atoms with Crippen LogP contribution in [0.2, 0.25) is 0 Å². The molecular formula is C17H28N2. The molecule has 0 unspecified atom stereocenters. The highest BCUT2D eigenvalue weighted by Crippen LogP contribution is 2.36. The van der Waals surface area contributed by atoms with Crippen molar-refractivity contribution in [2.24, 2.45) is 5.92 Å². The Labute approximate surface area is 118 Å². The van der Waals surface area contributed by atoms with Crippen LogP contribution in [0.4, 0.5) is 0 Å². The quantitative estimate of drug-likeness (QED) is 0.759. The third kappa shape index (κ3) is 3.77. The van der Waals surface area contributed by atoms with Crippen molar-refractivity contribution in [2.45, 2.75) is 78.1 Å². The normalized spacial score (nSPS) is 23.5. The van der Waals surface area contributed by atoms with Gasteiger partial charge in [0.15, 0.2) is 0 Å². The van der Waals surface area contributed by atoms with Crippen LogP contribution in [-0.2, 0) is 6.42 Å². The molecule has 0 N–H and O–H groups in total. The smallest absolute Gasteiger partial charge is 0.131 e. The van der Waals surface area contributed by atoms with Crippen LogP contribution in [0.3, 0.4) is 0 Å². The zero-order valence-electron chi connectivity index (χ0n) is 12.8. The van der Waals surface area contributed by atoms with Crippen LogP contribution >= 0.6 is 0 Å². The fraction of sp³-hybridized carbons (Fsp3) is 0.765. The summed E-state index contributed by atoms with van der Waals surface area (Å²) in [6.45, 7) is 6.65. The fourth-order valence-electron chi connectivity index (χ4n) is 3.34. The van der Waals surface area contributed by atoms with Gasteiger partial charge < -0.3 is 0 Å². The lowest BCUT2D eigenvalue weighted by Crippen LogP contribution is -2.16. The van der Waals surface area contributed by atoms with Crippen molar-refractivity contribution in [1.29, 1.82) is 0 Å². The second-order valence-corrected chi connectivity index (χ2v) is 6.10. The minimum Gasteiger partial charge on any atom is -0.241 e. The number of aromatic nitrogens is 2. The topological polar surface area (TPSA) is 25.8 Å². The van der Waals surface area contributed by atoms with Crippen molar-refractivity contribution in [1.82, 2.24) is 9.97 Å². The van der Waals surface area contributed by atoms with E-state index in [1.54, 1.807) is 0 Å². The van der Waals surface area contributed by atoms with Crippen LogP contribution in [0.15, 0.2) is 6.20 Å². The van der Waals surface area contributed by atoms with E-state index >= 15 is 0 Å². The molecule has 106 valence electrons. The summed E-state index contributed by atoms with van der Waals surface area (Å²) >= 11 is 0. The molecular weight excluding hydrogens is 232 g/mol. The van der Waals surface area contributed by atoms with Gasteiger partial charge in [0.1, 0.15) is 5.82 Å². The molecule has 1 aromatic rings. The second kappa shape index (κ2) is 7.02. The van der Waals surface area contributed by atoms with E-state index in [2.05, 4.69) is 32.0 Å². The molecule has 2 nitrogen and oxygen atoms in total. The highest BCUT2D eigenvalue weighted by Gasteiger charge is 2.23. The highest BCUT2D eigenvalue weighted by atomic mass is 14.9. The fourth-order valence-corrected chi connectivity index (χ4v) is 3.34. The first-order chi connectivity index (χ1) is 9.24. The van der Waals surface area contributed by atoms with Crippen LogP contribution in [0.25, 0.3) is 0 Å². The molecule has 2 heteroatoms. The zero-order valence-corrected chi connectivity index (χ0v) is 12.8. The van der Waals surface area contributed by atoms with Gasteiger partial charge in [-0.05, 0) is 50.5 Å². The molecule has 19 heavy (non-hydrogen) atoms. The van der Waals surface area contributed by atoms with E-state index in [4.69, 9.17) is 4.98 Å². The van der Waals surface area contributed by atoms with E-state index in [1.165, 1.54) is 56.2 Å². The van der Waals surface area contributed by atoms with Crippen molar-refractivity contribution >= 4 is 0 Å². The molecule has 0 saturated heterocycles. The number of hydrogen-bond donors (Lipinski definition) is 0. The van der Waals surface area contributed by atoms with Crippen molar-refractivity contribution in [3.05, 3.63) is 23.3 Å².